The Kier molecular flexibility index (Phi) is 4.32. The van der Waals surface area contributed by atoms with E-state index in [0.29, 0.717) is 12.2 Å². The minimum atomic E-state index is -0.906. The molecule has 3 rings (SSSR count). The third-order valence-electron chi connectivity index (χ3n) is 4.58. The molecule has 128 valence electrons. The zero-order chi connectivity index (χ0) is 17.3. The first kappa shape index (κ1) is 16.5. The average molecular weight is 328 g/mol. The Labute approximate surface area is 142 Å². The van der Waals surface area contributed by atoms with Crippen LogP contribution in [0.15, 0.2) is 36.5 Å². The Hall–Kier alpha value is -2.34. The van der Waals surface area contributed by atoms with Crippen molar-refractivity contribution in [1.82, 2.24) is 14.7 Å². The van der Waals surface area contributed by atoms with Gasteiger partial charge in [0.05, 0.1) is 34.9 Å². The van der Waals surface area contributed by atoms with Crippen LogP contribution < -0.4 is 5.32 Å². The van der Waals surface area contributed by atoms with Crippen LogP contribution in [0.5, 0.6) is 0 Å². The van der Waals surface area contributed by atoms with E-state index in [9.17, 15) is 9.90 Å². The summed E-state index contributed by atoms with van der Waals surface area (Å²) in [6.45, 7) is 6.09. The predicted octanol–water partition coefficient (Wildman–Crippen LogP) is 2.95. The first-order chi connectivity index (χ1) is 11.4. The molecule has 24 heavy (non-hydrogen) atoms. The molecular formula is C18H24N4O2. The van der Waals surface area contributed by atoms with E-state index in [0.717, 1.165) is 24.2 Å². The van der Waals surface area contributed by atoms with E-state index in [1.54, 1.807) is 29.6 Å². The Bertz CT molecular complexity index is 718. The maximum absolute atomic E-state index is 12.6. The van der Waals surface area contributed by atoms with Crippen molar-refractivity contribution in [3.8, 4) is 5.69 Å². The number of carbonyl (C=O) groups excluding carboxylic acids is 1. The maximum Gasteiger partial charge on any atom is 0.322 e. The van der Waals surface area contributed by atoms with Crippen molar-refractivity contribution in [2.75, 3.05) is 11.9 Å². The summed E-state index contributed by atoms with van der Waals surface area (Å²) in [5.41, 5.74) is 1.60. The van der Waals surface area contributed by atoms with Gasteiger partial charge in [-0.05, 0) is 45.7 Å². The van der Waals surface area contributed by atoms with Gasteiger partial charge in [0.2, 0.25) is 0 Å². The van der Waals surface area contributed by atoms with Crippen molar-refractivity contribution >= 4 is 11.7 Å². The third kappa shape index (κ3) is 3.14. The lowest BCUT2D eigenvalue weighted by molar-refractivity contribution is 0.0117. The van der Waals surface area contributed by atoms with E-state index in [2.05, 4.69) is 10.4 Å². The van der Waals surface area contributed by atoms with Gasteiger partial charge in [0.25, 0.3) is 0 Å². The number of nitrogens with one attached hydrogen (secondary N) is 1. The number of amides is 2. The molecule has 2 amide bonds. The highest BCUT2D eigenvalue weighted by Gasteiger charge is 2.38. The fraction of sp³-hybridized carbons (Fsp3) is 0.444. The molecule has 6 nitrogen and oxygen atoms in total. The van der Waals surface area contributed by atoms with E-state index < -0.39 is 5.60 Å². The van der Waals surface area contributed by atoms with Gasteiger partial charge in [0.15, 0.2) is 0 Å². The molecule has 0 aliphatic carbocycles. The molecule has 0 radical (unpaired) electrons. The maximum atomic E-state index is 12.6. The van der Waals surface area contributed by atoms with Crippen molar-refractivity contribution in [3.63, 3.8) is 0 Å². The normalized spacial score (nSPS) is 18.0. The van der Waals surface area contributed by atoms with Crippen molar-refractivity contribution in [1.29, 1.82) is 0 Å². The van der Waals surface area contributed by atoms with Crippen LogP contribution in [0.1, 0.15) is 32.4 Å². The largest absolute Gasteiger partial charge is 0.388 e. The number of benzene rings is 1. The summed E-state index contributed by atoms with van der Waals surface area (Å²) in [5, 5.41) is 17.6. The molecule has 1 atom stereocenters. The summed E-state index contributed by atoms with van der Waals surface area (Å²) < 4.78 is 1.80. The monoisotopic (exact) mass is 328 g/mol. The van der Waals surface area contributed by atoms with Crippen LogP contribution in [0.25, 0.3) is 5.69 Å². The zero-order valence-corrected chi connectivity index (χ0v) is 14.4. The highest BCUT2D eigenvalue weighted by atomic mass is 16.3. The van der Waals surface area contributed by atoms with E-state index >= 15 is 0 Å². The lowest BCUT2D eigenvalue weighted by atomic mass is 9.97. The Balaban J connectivity index is 1.77. The van der Waals surface area contributed by atoms with Crippen LogP contribution in [0, 0.1) is 6.92 Å². The summed E-state index contributed by atoms with van der Waals surface area (Å²) in [6.07, 6.45) is 3.39. The Morgan fingerprint density at radius 3 is 2.71 bits per heavy atom. The second-order valence-electron chi connectivity index (χ2n) is 6.83. The summed E-state index contributed by atoms with van der Waals surface area (Å²) in [4.78, 5) is 14.4. The Morgan fingerprint density at radius 2 is 2.04 bits per heavy atom. The number of likely N-dealkylation sites (tertiary alicyclic amines) is 1. The van der Waals surface area contributed by atoms with Crippen molar-refractivity contribution in [2.45, 2.75) is 45.3 Å². The lowest BCUT2D eigenvalue weighted by Crippen LogP contribution is -2.49. The summed E-state index contributed by atoms with van der Waals surface area (Å²) in [6, 6.07) is 9.44. The molecule has 1 aliphatic rings. The van der Waals surface area contributed by atoms with Crippen LogP contribution in [0.3, 0.4) is 0 Å². The average Bonchev–Trinajstić information content (AvgIpc) is 3.16. The summed E-state index contributed by atoms with van der Waals surface area (Å²) in [5.74, 6) is 0. The number of urea groups is 1. The molecule has 1 saturated heterocycles. The number of aliphatic hydroxyl groups is 1. The molecule has 2 heterocycles. The molecule has 0 saturated carbocycles. The van der Waals surface area contributed by atoms with E-state index in [4.69, 9.17) is 0 Å². The number of carbonyl (C=O) groups is 1. The lowest BCUT2D eigenvalue weighted by Gasteiger charge is -2.33. The minimum absolute atomic E-state index is 0.165. The highest BCUT2D eigenvalue weighted by Crippen LogP contribution is 2.28. The van der Waals surface area contributed by atoms with Crippen molar-refractivity contribution in [3.05, 3.63) is 42.2 Å². The zero-order valence-electron chi connectivity index (χ0n) is 14.4. The standard InChI is InChI=1S/C18H24N4O2/c1-13-15(12-19-22(13)14-8-5-4-6-9-14)20-17(23)21-11-7-10-16(21)18(2,3)24/h4-6,8-9,12,16,24H,7,10-11H2,1-3H3,(H,20,23). The molecule has 6 heteroatoms. The van der Waals surface area contributed by atoms with Gasteiger partial charge in [0.1, 0.15) is 0 Å². The second-order valence-corrected chi connectivity index (χ2v) is 6.83. The van der Waals surface area contributed by atoms with E-state index in [1.807, 2.05) is 37.3 Å². The number of hydrogen-bond donors (Lipinski definition) is 2. The number of hydrogen-bond acceptors (Lipinski definition) is 3. The molecule has 1 fully saturated rings. The number of nitrogens with zero attached hydrogens (tertiary/aromatic N) is 3. The van der Waals surface area contributed by atoms with Gasteiger partial charge in [-0.2, -0.15) is 5.10 Å². The van der Waals surface area contributed by atoms with Gasteiger partial charge >= 0.3 is 6.03 Å². The van der Waals surface area contributed by atoms with E-state index in [1.165, 1.54) is 0 Å². The first-order valence-corrected chi connectivity index (χ1v) is 8.28. The van der Waals surface area contributed by atoms with Crippen LogP contribution in [-0.4, -0.2) is 44.0 Å². The molecule has 1 aromatic heterocycles. The fourth-order valence-corrected chi connectivity index (χ4v) is 3.29. The molecule has 0 bridgehead atoms. The predicted molar refractivity (Wildman–Crippen MR) is 93.3 cm³/mol. The van der Waals surface area contributed by atoms with Gasteiger partial charge in [-0.25, -0.2) is 9.48 Å². The smallest absolute Gasteiger partial charge is 0.322 e. The number of aromatic nitrogens is 2. The molecule has 0 spiro atoms. The van der Waals surface area contributed by atoms with Gasteiger partial charge in [-0.3, -0.25) is 0 Å². The third-order valence-corrected chi connectivity index (χ3v) is 4.58. The van der Waals surface area contributed by atoms with Gasteiger partial charge in [-0.15, -0.1) is 0 Å². The highest BCUT2D eigenvalue weighted by molar-refractivity contribution is 5.90. The van der Waals surface area contributed by atoms with Crippen LogP contribution in [-0.2, 0) is 0 Å². The molecule has 2 aromatic rings. The topological polar surface area (TPSA) is 70.4 Å². The van der Waals surface area contributed by atoms with Crippen molar-refractivity contribution < 1.29 is 9.90 Å². The second kappa shape index (κ2) is 6.28. The Morgan fingerprint density at radius 1 is 1.33 bits per heavy atom. The van der Waals surface area contributed by atoms with Gasteiger partial charge in [-0.1, -0.05) is 18.2 Å². The fourth-order valence-electron chi connectivity index (χ4n) is 3.29. The van der Waals surface area contributed by atoms with Gasteiger partial charge in [0, 0.05) is 6.54 Å². The molecule has 1 aliphatic heterocycles. The molecule has 1 aromatic carbocycles. The minimum Gasteiger partial charge on any atom is -0.388 e. The van der Waals surface area contributed by atoms with Crippen LogP contribution in [0.4, 0.5) is 10.5 Å². The van der Waals surface area contributed by atoms with Gasteiger partial charge < -0.3 is 15.3 Å². The number of anilines is 1. The molecular weight excluding hydrogens is 304 g/mol. The first-order valence-electron chi connectivity index (χ1n) is 8.28. The SMILES string of the molecule is Cc1c(NC(=O)N2CCCC2C(C)(C)O)cnn1-c1ccccc1. The summed E-state index contributed by atoms with van der Waals surface area (Å²) in [7, 11) is 0. The van der Waals surface area contributed by atoms with E-state index in [-0.39, 0.29) is 12.1 Å². The summed E-state index contributed by atoms with van der Waals surface area (Å²) >= 11 is 0. The number of para-hydroxylation sites is 1. The van der Waals surface area contributed by atoms with Crippen molar-refractivity contribution in [2.24, 2.45) is 0 Å². The quantitative estimate of drug-likeness (QED) is 0.910. The van der Waals surface area contributed by atoms with Crippen LogP contribution in [0.2, 0.25) is 0 Å². The molecule has 2 N–H and O–H groups in total. The van der Waals surface area contributed by atoms with Crippen LogP contribution >= 0.6 is 0 Å². The molecule has 1 unspecified atom stereocenters. The number of rotatable bonds is 3.